The number of hydrogen-bond acceptors (Lipinski definition) is 1. The SMILES string of the molecule is c1ccc([Si](c2ccccc2)(c2ccccc2)c2cccc(-n3c4ccccc4c4c(-n5c6ccccc6c6ccc(-c7cccc8oc9ccccc9c78)cc65)cccc43)c2)cc1. The topological polar surface area (TPSA) is 23.0 Å². The Morgan fingerprint density at radius 2 is 0.844 bits per heavy atom. The number of nitrogens with zero attached hydrogens (tertiary/aromatic N) is 2. The lowest BCUT2D eigenvalue weighted by atomic mass is 9.98. The molecule has 0 saturated heterocycles. The minimum Gasteiger partial charge on any atom is -0.456 e. The van der Waals surface area contributed by atoms with E-state index in [1.54, 1.807) is 0 Å². The number of fused-ring (bicyclic) bond motifs is 9. The molecule has 13 rings (SSSR count). The Bertz CT molecular complexity index is 3800. The fourth-order valence-electron chi connectivity index (χ4n) is 10.8. The highest BCUT2D eigenvalue weighted by Crippen LogP contribution is 2.42. The maximum Gasteiger partial charge on any atom is 0.179 e. The zero-order valence-corrected chi connectivity index (χ0v) is 35.9. The Kier molecular flexibility index (Phi) is 8.23. The first-order valence-electron chi connectivity index (χ1n) is 22.0. The Hall–Kier alpha value is -8.18. The molecule has 0 N–H and O–H groups in total. The van der Waals surface area contributed by atoms with Gasteiger partial charge in [0.05, 0.1) is 27.8 Å². The van der Waals surface area contributed by atoms with Gasteiger partial charge in [-0.3, -0.25) is 0 Å². The van der Waals surface area contributed by atoms with Gasteiger partial charge in [0.2, 0.25) is 0 Å². The predicted octanol–water partition coefficient (Wildman–Crippen LogP) is 12.8. The van der Waals surface area contributed by atoms with Crippen molar-refractivity contribution < 1.29 is 4.42 Å². The van der Waals surface area contributed by atoms with Gasteiger partial charge in [0.25, 0.3) is 0 Å². The molecule has 3 nitrogen and oxygen atoms in total. The van der Waals surface area contributed by atoms with Crippen LogP contribution in [0.1, 0.15) is 0 Å². The zero-order chi connectivity index (χ0) is 42.2. The number of para-hydroxylation sites is 3. The molecule has 0 aliphatic carbocycles. The van der Waals surface area contributed by atoms with Crippen molar-refractivity contribution >= 4 is 94.4 Å². The van der Waals surface area contributed by atoms with Crippen LogP contribution in [-0.4, -0.2) is 17.2 Å². The number of rotatable bonds is 7. The summed E-state index contributed by atoms with van der Waals surface area (Å²) >= 11 is 0. The van der Waals surface area contributed by atoms with Crippen LogP contribution in [0.5, 0.6) is 0 Å². The van der Waals surface area contributed by atoms with E-state index in [0.717, 1.165) is 44.4 Å². The molecule has 3 heterocycles. The van der Waals surface area contributed by atoms with Gasteiger partial charge in [-0.2, -0.15) is 0 Å². The normalized spacial score (nSPS) is 12.1. The van der Waals surface area contributed by atoms with E-state index in [9.17, 15) is 0 Å². The highest BCUT2D eigenvalue weighted by Gasteiger charge is 2.41. The molecule has 0 spiro atoms. The Morgan fingerprint density at radius 1 is 0.312 bits per heavy atom. The molecule has 13 aromatic rings. The molecular formula is C60H40N2OSi. The highest BCUT2D eigenvalue weighted by atomic mass is 28.3. The van der Waals surface area contributed by atoms with E-state index in [1.165, 1.54) is 64.4 Å². The number of benzene rings is 10. The lowest BCUT2D eigenvalue weighted by molar-refractivity contribution is 0.669. The monoisotopic (exact) mass is 832 g/mol. The molecule has 300 valence electrons. The Balaban J connectivity index is 1.07. The van der Waals surface area contributed by atoms with E-state index in [1.807, 2.05) is 6.07 Å². The predicted molar refractivity (Wildman–Crippen MR) is 271 cm³/mol. The third-order valence-electron chi connectivity index (χ3n) is 13.5. The summed E-state index contributed by atoms with van der Waals surface area (Å²) in [5.74, 6) is 0. The van der Waals surface area contributed by atoms with Gasteiger partial charge in [-0.05, 0) is 86.5 Å². The lowest BCUT2D eigenvalue weighted by Gasteiger charge is -2.34. The third-order valence-corrected chi connectivity index (χ3v) is 18.2. The first-order valence-corrected chi connectivity index (χ1v) is 24.0. The molecule has 0 aliphatic heterocycles. The van der Waals surface area contributed by atoms with E-state index < -0.39 is 8.07 Å². The van der Waals surface area contributed by atoms with Crippen LogP contribution in [0.2, 0.25) is 0 Å². The highest BCUT2D eigenvalue weighted by molar-refractivity contribution is 7.19. The summed E-state index contributed by atoms with van der Waals surface area (Å²) in [4.78, 5) is 0. The van der Waals surface area contributed by atoms with Gasteiger partial charge in [0.15, 0.2) is 8.07 Å². The summed E-state index contributed by atoms with van der Waals surface area (Å²) in [5.41, 5.74) is 11.1. The van der Waals surface area contributed by atoms with Crippen molar-refractivity contribution in [3.05, 3.63) is 243 Å². The average Bonchev–Trinajstić information content (AvgIpc) is 4.03. The van der Waals surface area contributed by atoms with Gasteiger partial charge in [-0.1, -0.05) is 188 Å². The van der Waals surface area contributed by atoms with Crippen LogP contribution in [-0.2, 0) is 0 Å². The molecule has 10 aromatic carbocycles. The zero-order valence-electron chi connectivity index (χ0n) is 34.9. The Labute approximate surface area is 371 Å². The smallest absolute Gasteiger partial charge is 0.179 e. The summed E-state index contributed by atoms with van der Waals surface area (Å²) in [7, 11) is -2.78. The number of aromatic nitrogens is 2. The van der Waals surface area contributed by atoms with E-state index in [0.29, 0.717) is 0 Å². The Morgan fingerprint density at radius 3 is 1.56 bits per heavy atom. The molecule has 0 bridgehead atoms. The summed E-state index contributed by atoms with van der Waals surface area (Å²) < 4.78 is 11.3. The van der Waals surface area contributed by atoms with Crippen LogP contribution in [0.25, 0.3) is 88.1 Å². The van der Waals surface area contributed by atoms with Crippen molar-refractivity contribution in [3.63, 3.8) is 0 Å². The minimum absolute atomic E-state index is 0.900. The largest absolute Gasteiger partial charge is 0.456 e. The first kappa shape index (κ1) is 36.5. The second-order valence-corrected chi connectivity index (χ2v) is 20.6. The van der Waals surface area contributed by atoms with E-state index >= 15 is 0 Å². The molecule has 0 saturated carbocycles. The fourth-order valence-corrected chi connectivity index (χ4v) is 15.6. The van der Waals surface area contributed by atoms with E-state index in [2.05, 4.69) is 246 Å². The molecule has 0 aliphatic rings. The standard InChI is InChI=1S/C60H40N2OSi/c1-4-20-43(21-5-1)64(44-22-6-2-7-23-44,45-24-8-3-9-25-45)46-26-16-19-42(40-46)61-53-32-14-11-28-50(53)60-54(61)33-18-34-55(60)62-52-31-13-10-27-48(52)49-38-37-41(39-56(49)62)47-30-17-36-58-59(47)51-29-12-15-35-57(51)63-58/h1-40H. The van der Waals surface area contributed by atoms with Gasteiger partial charge in [0.1, 0.15) is 11.2 Å². The summed E-state index contributed by atoms with van der Waals surface area (Å²) in [6, 6.07) is 89.3. The number of furan rings is 1. The molecule has 0 fully saturated rings. The van der Waals surface area contributed by atoms with Crippen molar-refractivity contribution in [2.45, 2.75) is 0 Å². The second-order valence-electron chi connectivity index (χ2n) is 16.8. The first-order chi connectivity index (χ1) is 31.8. The van der Waals surface area contributed by atoms with Crippen molar-refractivity contribution in [2.75, 3.05) is 0 Å². The van der Waals surface area contributed by atoms with Gasteiger partial charge in [-0.15, -0.1) is 0 Å². The second kappa shape index (κ2) is 14.5. The summed E-state index contributed by atoms with van der Waals surface area (Å²) in [6.07, 6.45) is 0. The molecule has 4 heteroatoms. The molecule has 64 heavy (non-hydrogen) atoms. The van der Waals surface area contributed by atoms with Crippen LogP contribution < -0.4 is 20.7 Å². The van der Waals surface area contributed by atoms with Crippen LogP contribution >= 0.6 is 0 Å². The average molecular weight is 833 g/mol. The third kappa shape index (κ3) is 5.33. The quantitative estimate of drug-likeness (QED) is 0.116. The van der Waals surface area contributed by atoms with Crippen LogP contribution in [0.3, 0.4) is 0 Å². The fraction of sp³-hybridized carbons (Fsp3) is 0. The molecule has 0 radical (unpaired) electrons. The van der Waals surface area contributed by atoms with Gasteiger partial charge in [0, 0.05) is 38.0 Å². The van der Waals surface area contributed by atoms with Gasteiger partial charge < -0.3 is 13.6 Å². The molecular weight excluding hydrogens is 793 g/mol. The molecule has 0 atom stereocenters. The molecule has 3 aromatic heterocycles. The van der Waals surface area contributed by atoms with Crippen molar-refractivity contribution in [2.24, 2.45) is 0 Å². The van der Waals surface area contributed by atoms with Gasteiger partial charge >= 0.3 is 0 Å². The maximum atomic E-state index is 6.36. The van der Waals surface area contributed by atoms with E-state index in [4.69, 9.17) is 4.42 Å². The molecule has 0 amide bonds. The number of hydrogen-bond donors (Lipinski definition) is 0. The minimum atomic E-state index is -2.78. The van der Waals surface area contributed by atoms with Crippen molar-refractivity contribution in [1.29, 1.82) is 0 Å². The maximum absolute atomic E-state index is 6.36. The van der Waals surface area contributed by atoms with Crippen LogP contribution in [0, 0.1) is 0 Å². The van der Waals surface area contributed by atoms with Crippen LogP contribution in [0.15, 0.2) is 247 Å². The van der Waals surface area contributed by atoms with Crippen LogP contribution in [0.4, 0.5) is 0 Å². The summed E-state index contributed by atoms with van der Waals surface area (Å²) in [5, 5.41) is 12.6. The van der Waals surface area contributed by atoms with E-state index in [-0.39, 0.29) is 0 Å². The molecule has 0 unspecified atom stereocenters. The lowest BCUT2D eigenvalue weighted by Crippen LogP contribution is -2.74. The van der Waals surface area contributed by atoms with Crippen molar-refractivity contribution in [3.8, 4) is 22.5 Å². The summed E-state index contributed by atoms with van der Waals surface area (Å²) in [6.45, 7) is 0. The van der Waals surface area contributed by atoms with Gasteiger partial charge in [-0.25, -0.2) is 0 Å². The van der Waals surface area contributed by atoms with Crippen molar-refractivity contribution in [1.82, 2.24) is 9.13 Å².